The van der Waals surface area contributed by atoms with E-state index in [1.54, 1.807) is 0 Å². The van der Waals surface area contributed by atoms with E-state index in [-0.39, 0.29) is 25.3 Å². The van der Waals surface area contributed by atoms with Gasteiger partial charge in [-0.3, -0.25) is 4.79 Å². The number of carbonyl (C=O) groups is 2. The smallest absolute Gasteiger partial charge is 0.343 e. The van der Waals surface area contributed by atoms with Crippen molar-refractivity contribution in [3.63, 3.8) is 0 Å². The fraction of sp³-hybridized carbons (Fsp3) is 0.412. The van der Waals surface area contributed by atoms with Gasteiger partial charge in [-0.15, -0.1) is 0 Å². The number of hydrogen-bond donors (Lipinski definition) is 1. The molecule has 0 bridgehead atoms. The average Bonchev–Trinajstić information content (AvgIpc) is 3.06. The zero-order chi connectivity index (χ0) is 16.8. The number of nitrogens with zero attached hydrogens (tertiary/aromatic N) is 1. The minimum atomic E-state index is -2.33. The van der Waals surface area contributed by atoms with Crippen LogP contribution in [0.4, 0.5) is 4.39 Å². The van der Waals surface area contributed by atoms with E-state index in [1.165, 1.54) is 11.2 Å². The molecule has 1 amide bonds. The Balaban J connectivity index is 1.79. The number of hydrogen-bond acceptors (Lipinski definition) is 3. The molecule has 0 spiro atoms. The predicted octanol–water partition coefficient (Wildman–Crippen LogP) is 2.62. The molecule has 1 aromatic carbocycles. The van der Waals surface area contributed by atoms with E-state index in [1.807, 2.05) is 26.0 Å². The Hall–Kier alpha value is -2.37. The van der Waals surface area contributed by atoms with Gasteiger partial charge in [0.1, 0.15) is 5.58 Å². The van der Waals surface area contributed by atoms with Crippen molar-refractivity contribution in [3.05, 3.63) is 35.1 Å². The van der Waals surface area contributed by atoms with Gasteiger partial charge in [0.15, 0.2) is 0 Å². The Kier molecular flexibility index (Phi) is 3.62. The predicted molar refractivity (Wildman–Crippen MR) is 82.1 cm³/mol. The van der Waals surface area contributed by atoms with E-state index in [9.17, 15) is 14.0 Å². The lowest BCUT2D eigenvalue weighted by molar-refractivity contribution is -0.150. The zero-order valence-corrected chi connectivity index (χ0v) is 13.1. The van der Waals surface area contributed by atoms with Crippen LogP contribution in [0.15, 0.2) is 22.8 Å². The Morgan fingerprint density at radius 1 is 1.35 bits per heavy atom. The SMILES string of the molecule is Cc1cc2occ(CC(=O)N3CCC(F)(C(=O)O)C3)c2cc1C. The first-order valence-corrected chi connectivity index (χ1v) is 7.47. The van der Waals surface area contributed by atoms with Crippen LogP contribution in [0, 0.1) is 13.8 Å². The molecule has 1 saturated heterocycles. The molecule has 2 heterocycles. The van der Waals surface area contributed by atoms with Crippen molar-refractivity contribution in [2.75, 3.05) is 13.1 Å². The van der Waals surface area contributed by atoms with E-state index < -0.39 is 18.2 Å². The Morgan fingerprint density at radius 3 is 2.70 bits per heavy atom. The van der Waals surface area contributed by atoms with Crippen LogP contribution >= 0.6 is 0 Å². The van der Waals surface area contributed by atoms with Crippen LogP contribution in [0.3, 0.4) is 0 Å². The number of carboxylic acids is 1. The fourth-order valence-corrected chi connectivity index (χ4v) is 2.91. The van der Waals surface area contributed by atoms with Gasteiger partial charge in [-0.05, 0) is 37.1 Å². The first kappa shape index (κ1) is 15.5. The number of alkyl halides is 1. The number of carbonyl (C=O) groups excluding carboxylic acids is 1. The number of rotatable bonds is 3. The second-order valence-corrected chi connectivity index (χ2v) is 6.21. The maximum atomic E-state index is 14.1. The van der Waals surface area contributed by atoms with E-state index in [4.69, 9.17) is 9.52 Å². The van der Waals surface area contributed by atoms with Gasteiger partial charge in [0.25, 0.3) is 0 Å². The summed E-state index contributed by atoms with van der Waals surface area (Å²) in [6.45, 7) is 3.70. The normalized spacial score (nSPS) is 21.1. The third-order valence-corrected chi connectivity index (χ3v) is 4.57. The van der Waals surface area contributed by atoms with Crippen LogP contribution in [-0.2, 0) is 16.0 Å². The minimum Gasteiger partial charge on any atom is -0.479 e. The van der Waals surface area contributed by atoms with Crippen molar-refractivity contribution in [1.29, 1.82) is 0 Å². The molecule has 0 radical (unpaired) electrons. The molecule has 1 N–H and O–H groups in total. The Morgan fingerprint density at radius 2 is 2.04 bits per heavy atom. The number of furan rings is 1. The standard InChI is InChI=1S/C17H18FNO4/c1-10-5-13-12(8-23-14(13)6-11(10)2)7-15(20)19-4-3-17(18,9-19)16(21)22/h5-6,8H,3-4,7,9H2,1-2H3,(H,21,22). The molecule has 1 aliphatic rings. The summed E-state index contributed by atoms with van der Waals surface area (Å²) in [6.07, 6.45) is 1.45. The second kappa shape index (κ2) is 5.37. The highest BCUT2D eigenvalue weighted by Crippen LogP contribution is 2.28. The third-order valence-electron chi connectivity index (χ3n) is 4.57. The lowest BCUT2D eigenvalue weighted by atomic mass is 10.0. The van der Waals surface area contributed by atoms with Gasteiger partial charge in [-0.1, -0.05) is 0 Å². The van der Waals surface area contributed by atoms with Gasteiger partial charge in [-0.25, -0.2) is 9.18 Å². The van der Waals surface area contributed by atoms with Crippen LogP contribution < -0.4 is 0 Å². The number of amides is 1. The van der Waals surface area contributed by atoms with Gasteiger partial charge in [-0.2, -0.15) is 0 Å². The highest BCUT2D eigenvalue weighted by atomic mass is 19.1. The van der Waals surface area contributed by atoms with E-state index in [2.05, 4.69) is 0 Å². The molecule has 122 valence electrons. The Labute approximate surface area is 132 Å². The van der Waals surface area contributed by atoms with Gasteiger partial charge < -0.3 is 14.4 Å². The number of benzene rings is 1. The van der Waals surface area contributed by atoms with Gasteiger partial charge >= 0.3 is 5.97 Å². The summed E-state index contributed by atoms with van der Waals surface area (Å²) in [6, 6.07) is 3.89. The number of aryl methyl sites for hydroxylation is 2. The monoisotopic (exact) mass is 319 g/mol. The molecule has 0 saturated carbocycles. The third kappa shape index (κ3) is 2.69. The van der Waals surface area contributed by atoms with Crippen LogP contribution in [0.25, 0.3) is 11.0 Å². The zero-order valence-electron chi connectivity index (χ0n) is 13.1. The maximum Gasteiger partial charge on any atom is 0.343 e. The van der Waals surface area contributed by atoms with Crippen LogP contribution in [0.1, 0.15) is 23.1 Å². The molecule has 23 heavy (non-hydrogen) atoms. The molecule has 3 rings (SSSR count). The number of halogens is 1. The molecule has 1 aliphatic heterocycles. The van der Waals surface area contributed by atoms with E-state index >= 15 is 0 Å². The topological polar surface area (TPSA) is 70.8 Å². The lowest BCUT2D eigenvalue weighted by Gasteiger charge is -2.17. The van der Waals surface area contributed by atoms with Crippen LogP contribution in [0.5, 0.6) is 0 Å². The quantitative estimate of drug-likeness (QED) is 0.944. The van der Waals surface area contributed by atoms with E-state index in [0.29, 0.717) is 5.58 Å². The summed E-state index contributed by atoms with van der Waals surface area (Å²) >= 11 is 0. The summed E-state index contributed by atoms with van der Waals surface area (Å²) in [5, 5.41) is 9.76. The molecule has 0 aliphatic carbocycles. The van der Waals surface area contributed by atoms with Crippen molar-refractivity contribution >= 4 is 22.8 Å². The molecule has 5 nitrogen and oxygen atoms in total. The lowest BCUT2D eigenvalue weighted by Crippen LogP contribution is -2.39. The second-order valence-electron chi connectivity index (χ2n) is 6.21. The first-order valence-electron chi connectivity index (χ1n) is 7.47. The molecular formula is C17H18FNO4. The number of carboxylic acid groups (broad SMARTS) is 1. The highest BCUT2D eigenvalue weighted by Gasteiger charge is 2.46. The fourth-order valence-electron chi connectivity index (χ4n) is 2.91. The number of aliphatic carboxylic acids is 1. The molecule has 1 atom stereocenters. The van der Waals surface area contributed by atoms with Crippen molar-refractivity contribution in [1.82, 2.24) is 4.90 Å². The summed E-state index contributed by atoms with van der Waals surface area (Å²) in [4.78, 5) is 24.5. The van der Waals surface area contributed by atoms with Crippen LogP contribution in [0.2, 0.25) is 0 Å². The molecule has 6 heteroatoms. The summed E-state index contributed by atoms with van der Waals surface area (Å²) < 4.78 is 19.6. The summed E-state index contributed by atoms with van der Waals surface area (Å²) in [5.74, 6) is -1.79. The van der Waals surface area contributed by atoms with Gasteiger partial charge in [0.2, 0.25) is 11.6 Å². The number of fused-ring (bicyclic) bond motifs is 1. The minimum absolute atomic E-state index is 0.0746. The molecule has 1 fully saturated rings. The van der Waals surface area contributed by atoms with Crippen molar-refractivity contribution in [3.8, 4) is 0 Å². The Bertz CT molecular complexity index is 797. The van der Waals surface area contributed by atoms with Crippen molar-refractivity contribution < 1.29 is 23.5 Å². The average molecular weight is 319 g/mol. The molecule has 1 unspecified atom stereocenters. The van der Waals surface area contributed by atoms with Gasteiger partial charge in [0, 0.05) is 23.9 Å². The van der Waals surface area contributed by atoms with Crippen LogP contribution in [-0.4, -0.2) is 40.6 Å². The van der Waals surface area contributed by atoms with Crippen molar-refractivity contribution in [2.45, 2.75) is 32.4 Å². The van der Waals surface area contributed by atoms with Gasteiger partial charge in [0.05, 0.1) is 19.2 Å². The first-order chi connectivity index (χ1) is 10.8. The maximum absolute atomic E-state index is 14.1. The van der Waals surface area contributed by atoms with Crippen molar-refractivity contribution in [2.24, 2.45) is 0 Å². The summed E-state index contributed by atoms with van der Waals surface area (Å²) in [5.41, 5.74) is 1.32. The summed E-state index contributed by atoms with van der Waals surface area (Å²) in [7, 11) is 0. The molecular weight excluding hydrogens is 301 g/mol. The molecule has 2 aromatic rings. The molecule has 1 aromatic heterocycles. The number of likely N-dealkylation sites (tertiary alicyclic amines) is 1. The van der Waals surface area contributed by atoms with E-state index in [0.717, 1.165) is 22.1 Å². The largest absolute Gasteiger partial charge is 0.479 e. The highest BCUT2D eigenvalue weighted by molar-refractivity contribution is 5.89.